The fourth-order valence-electron chi connectivity index (χ4n) is 4.02. The van der Waals surface area contributed by atoms with Crippen molar-refractivity contribution in [1.29, 1.82) is 0 Å². The number of aromatic amines is 1. The van der Waals surface area contributed by atoms with E-state index in [2.05, 4.69) is 15.0 Å². The van der Waals surface area contributed by atoms with Crippen molar-refractivity contribution in [2.45, 2.75) is 17.3 Å². The Balaban J connectivity index is 1.86. The number of fused-ring (bicyclic) bond motifs is 1. The summed E-state index contributed by atoms with van der Waals surface area (Å²) >= 11 is 6.12. The van der Waals surface area contributed by atoms with Crippen molar-refractivity contribution in [1.82, 2.24) is 4.98 Å². The highest BCUT2D eigenvalue weighted by Gasteiger charge is 2.32. The third-order valence-electron chi connectivity index (χ3n) is 5.78. The first-order chi connectivity index (χ1) is 18.3. The first-order valence-electron chi connectivity index (χ1n) is 11.2. The quantitative estimate of drug-likeness (QED) is 0.227. The van der Waals surface area contributed by atoms with E-state index >= 15 is 0 Å². The summed E-state index contributed by atoms with van der Waals surface area (Å²) in [5.74, 6) is -0.589. The van der Waals surface area contributed by atoms with Crippen molar-refractivity contribution in [3.63, 3.8) is 0 Å². The van der Waals surface area contributed by atoms with Crippen molar-refractivity contribution in [3.8, 4) is 17.2 Å². The highest BCUT2D eigenvalue weighted by molar-refractivity contribution is 7.90. The average Bonchev–Trinajstić information content (AvgIpc) is 3.28. The summed E-state index contributed by atoms with van der Waals surface area (Å²) in [4.78, 5) is 16.8. The minimum atomic E-state index is -4.92. The van der Waals surface area contributed by atoms with Crippen molar-refractivity contribution >= 4 is 43.8 Å². The van der Waals surface area contributed by atoms with Crippen LogP contribution in [0.5, 0.6) is 17.2 Å². The van der Waals surface area contributed by atoms with Gasteiger partial charge in [0.15, 0.2) is 15.6 Å². The number of aromatic nitrogens is 1. The van der Waals surface area contributed by atoms with Gasteiger partial charge in [0, 0.05) is 51.3 Å². The molecule has 0 spiro atoms. The van der Waals surface area contributed by atoms with Crippen molar-refractivity contribution in [3.05, 3.63) is 76.9 Å². The van der Waals surface area contributed by atoms with E-state index in [4.69, 9.17) is 21.1 Å². The maximum absolute atomic E-state index is 14.0. The molecule has 2 N–H and O–H groups in total. The van der Waals surface area contributed by atoms with E-state index < -0.39 is 33.8 Å². The van der Waals surface area contributed by atoms with Gasteiger partial charge in [-0.25, -0.2) is 8.42 Å². The number of sulfone groups is 1. The molecule has 0 aliphatic carbocycles. The molecule has 39 heavy (non-hydrogen) atoms. The molecule has 1 unspecified atom stereocenters. The second-order valence-electron chi connectivity index (χ2n) is 8.45. The molecule has 0 fully saturated rings. The normalized spacial score (nSPS) is 12.7. The van der Waals surface area contributed by atoms with Gasteiger partial charge in [0.2, 0.25) is 0 Å². The zero-order valence-electron chi connectivity index (χ0n) is 20.7. The van der Waals surface area contributed by atoms with E-state index in [9.17, 15) is 26.4 Å². The SMILES string of the molecule is COc1cc(NC(C(=O)c2c[nH]c3ccc(OC(F)(F)F)cc23)c2ccc(Cl)cc2OC)cc(S(C)(=O)=O)c1. The number of H-pyrrole nitrogens is 1. The highest BCUT2D eigenvalue weighted by atomic mass is 35.5. The molecule has 0 radical (unpaired) electrons. The summed E-state index contributed by atoms with van der Waals surface area (Å²) in [5, 5.41) is 3.56. The smallest absolute Gasteiger partial charge is 0.497 e. The Kier molecular flexibility index (Phi) is 7.71. The largest absolute Gasteiger partial charge is 0.573 e. The Morgan fingerprint density at radius 1 is 1.00 bits per heavy atom. The molecule has 0 amide bonds. The molecule has 0 bridgehead atoms. The number of hydrogen-bond acceptors (Lipinski definition) is 7. The lowest BCUT2D eigenvalue weighted by Crippen LogP contribution is -2.22. The van der Waals surface area contributed by atoms with E-state index in [1.807, 2.05) is 0 Å². The van der Waals surface area contributed by atoms with Crippen LogP contribution in [0.25, 0.3) is 10.9 Å². The van der Waals surface area contributed by atoms with Gasteiger partial charge in [-0.15, -0.1) is 13.2 Å². The Bertz CT molecular complexity index is 1650. The number of methoxy groups -OCH3 is 2. The Morgan fingerprint density at radius 2 is 1.74 bits per heavy atom. The van der Waals surface area contributed by atoms with Crippen molar-refractivity contribution in [2.75, 3.05) is 25.8 Å². The molecule has 0 aliphatic rings. The standard InChI is InChI=1S/C26H22ClF3N2O6S/c1-36-17-9-15(10-18(11-17)39(3,34)35)32-24(19-6-4-14(27)8-23(19)37-2)25(33)21-13-31-22-7-5-16(12-20(21)22)38-26(28,29)30/h4-13,24,31-32H,1-3H3. The lowest BCUT2D eigenvalue weighted by Gasteiger charge is -2.22. The monoisotopic (exact) mass is 582 g/mol. The fraction of sp³-hybridized carbons (Fsp3) is 0.192. The Hall–Kier alpha value is -3.90. The third-order valence-corrected chi connectivity index (χ3v) is 7.10. The topological polar surface area (TPSA) is 107 Å². The molecular weight excluding hydrogens is 561 g/mol. The average molecular weight is 583 g/mol. The number of anilines is 1. The van der Waals surface area contributed by atoms with E-state index in [-0.39, 0.29) is 33.0 Å². The lowest BCUT2D eigenvalue weighted by atomic mass is 9.95. The zero-order chi connectivity index (χ0) is 28.5. The Labute approximate surface area is 226 Å². The summed E-state index contributed by atoms with van der Waals surface area (Å²) in [6.07, 6.45) is -2.52. The van der Waals surface area contributed by atoms with Crippen LogP contribution in [-0.2, 0) is 9.84 Å². The fourth-order valence-corrected chi connectivity index (χ4v) is 4.85. The van der Waals surface area contributed by atoms with E-state index in [1.165, 1.54) is 50.7 Å². The van der Waals surface area contributed by atoms with E-state index in [1.54, 1.807) is 12.1 Å². The minimum Gasteiger partial charge on any atom is -0.497 e. The van der Waals surface area contributed by atoms with Gasteiger partial charge in [-0.1, -0.05) is 17.7 Å². The number of carbonyl (C=O) groups excluding carboxylic acids is 1. The van der Waals surface area contributed by atoms with Crippen LogP contribution in [0.2, 0.25) is 5.02 Å². The molecule has 0 saturated carbocycles. The molecule has 3 aromatic carbocycles. The third kappa shape index (κ3) is 6.40. The molecule has 1 heterocycles. The maximum Gasteiger partial charge on any atom is 0.573 e. The predicted octanol–water partition coefficient (Wildman–Crippen LogP) is 6.18. The van der Waals surface area contributed by atoms with E-state index in [0.717, 1.165) is 18.4 Å². The van der Waals surface area contributed by atoms with Gasteiger partial charge < -0.3 is 24.5 Å². The minimum absolute atomic E-state index is 0.0540. The summed E-state index contributed by atoms with van der Waals surface area (Å²) in [7, 11) is -0.898. The Morgan fingerprint density at radius 3 is 2.38 bits per heavy atom. The van der Waals surface area contributed by atoms with Crippen LogP contribution in [0.15, 0.2) is 65.7 Å². The molecule has 1 aromatic heterocycles. The van der Waals surface area contributed by atoms with Crippen LogP contribution >= 0.6 is 11.6 Å². The van der Waals surface area contributed by atoms with Gasteiger partial charge in [-0.2, -0.15) is 0 Å². The van der Waals surface area contributed by atoms with Crippen LogP contribution in [0.4, 0.5) is 18.9 Å². The van der Waals surface area contributed by atoms with Gasteiger partial charge in [-0.05, 0) is 42.5 Å². The van der Waals surface area contributed by atoms with Crippen molar-refractivity contribution < 1.29 is 40.6 Å². The van der Waals surface area contributed by atoms with Gasteiger partial charge in [-0.3, -0.25) is 4.79 Å². The van der Waals surface area contributed by atoms with Crippen LogP contribution in [0, 0.1) is 0 Å². The second kappa shape index (κ2) is 10.7. The van der Waals surface area contributed by atoms with Crippen LogP contribution in [0.1, 0.15) is 22.0 Å². The van der Waals surface area contributed by atoms with Crippen molar-refractivity contribution in [2.24, 2.45) is 0 Å². The van der Waals surface area contributed by atoms with Crippen LogP contribution in [-0.4, -0.2) is 46.0 Å². The maximum atomic E-state index is 14.0. The molecule has 8 nitrogen and oxygen atoms in total. The number of alkyl halides is 3. The first kappa shape index (κ1) is 28.1. The number of benzene rings is 3. The highest BCUT2D eigenvalue weighted by Crippen LogP contribution is 2.36. The summed E-state index contributed by atoms with van der Waals surface area (Å²) < 4.78 is 77.7. The van der Waals surface area contributed by atoms with Crippen LogP contribution < -0.4 is 19.5 Å². The van der Waals surface area contributed by atoms with E-state index in [0.29, 0.717) is 16.1 Å². The molecule has 1 atom stereocenters. The van der Waals surface area contributed by atoms with Gasteiger partial charge in [0.25, 0.3) is 0 Å². The number of carbonyl (C=O) groups is 1. The molecule has 4 aromatic rings. The molecule has 206 valence electrons. The molecular formula is C26H22ClF3N2O6S. The number of ketones is 1. The molecule has 4 rings (SSSR count). The van der Waals surface area contributed by atoms with Gasteiger partial charge >= 0.3 is 6.36 Å². The lowest BCUT2D eigenvalue weighted by molar-refractivity contribution is -0.274. The summed E-state index contributed by atoms with van der Waals surface area (Å²) in [6, 6.07) is 11.2. The first-order valence-corrected chi connectivity index (χ1v) is 13.5. The summed E-state index contributed by atoms with van der Waals surface area (Å²) in [5.41, 5.74) is 1.02. The summed E-state index contributed by atoms with van der Waals surface area (Å²) in [6.45, 7) is 0. The number of halogens is 4. The second-order valence-corrected chi connectivity index (χ2v) is 10.9. The van der Waals surface area contributed by atoms with Gasteiger partial charge in [0.05, 0.1) is 19.1 Å². The molecule has 0 aliphatic heterocycles. The number of Topliss-reactive ketones (excluding diaryl/α,β-unsaturated/α-hetero) is 1. The number of rotatable bonds is 9. The number of ether oxygens (including phenoxy) is 3. The zero-order valence-corrected chi connectivity index (χ0v) is 22.3. The molecule has 13 heteroatoms. The van der Waals surface area contributed by atoms with Gasteiger partial charge in [0.1, 0.15) is 23.3 Å². The number of nitrogens with one attached hydrogen (secondary N) is 2. The number of hydrogen-bond donors (Lipinski definition) is 2. The van der Waals surface area contributed by atoms with Crippen LogP contribution in [0.3, 0.4) is 0 Å². The molecule has 0 saturated heterocycles. The predicted molar refractivity (Wildman–Crippen MR) is 140 cm³/mol.